The van der Waals surface area contributed by atoms with Crippen molar-refractivity contribution in [2.75, 3.05) is 5.32 Å². The van der Waals surface area contributed by atoms with Crippen LogP contribution in [0.5, 0.6) is 0 Å². The van der Waals surface area contributed by atoms with E-state index in [1.54, 1.807) is 10.6 Å². The lowest BCUT2D eigenvalue weighted by Crippen LogP contribution is -2.16. The number of anilines is 1. The maximum Gasteiger partial charge on any atom is 0.272 e. The fraction of sp³-hybridized carbons (Fsp3) is 0.214. The maximum absolute atomic E-state index is 12.2. The van der Waals surface area contributed by atoms with Crippen LogP contribution in [0.2, 0.25) is 0 Å². The number of hydrogen-bond acceptors (Lipinski definition) is 1. The molecular weight excluding hydrogens is 372 g/mol. The molecule has 19 heavy (non-hydrogen) atoms. The fourth-order valence-electron chi connectivity index (χ4n) is 1.91. The van der Waals surface area contributed by atoms with Gasteiger partial charge in [-0.15, -0.1) is 0 Å². The normalized spacial score (nSPS) is 10.5. The number of carbonyl (C=O) groups is 1. The molecule has 0 saturated carbocycles. The summed E-state index contributed by atoms with van der Waals surface area (Å²) in [4.78, 5) is 12.2. The zero-order valence-corrected chi connectivity index (χ0v) is 13.9. The quantitative estimate of drug-likeness (QED) is 0.836. The maximum atomic E-state index is 12.2. The monoisotopic (exact) mass is 384 g/mol. The highest BCUT2D eigenvalue weighted by atomic mass is 79.9. The van der Waals surface area contributed by atoms with Gasteiger partial charge in [-0.25, -0.2) is 0 Å². The van der Waals surface area contributed by atoms with E-state index >= 15 is 0 Å². The number of nitrogens with zero attached hydrogens (tertiary/aromatic N) is 1. The Hall–Kier alpha value is -1.07. The lowest BCUT2D eigenvalue weighted by atomic mass is 10.1. The molecule has 0 unspecified atom stereocenters. The molecule has 0 aliphatic carbocycles. The molecule has 1 heterocycles. The van der Waals surface area contributed by atoms with Gasteiger partial charge in [0, 0.05) is 27.9 Å². The average molecular weight is 386 g/mol. The summed E-state index contributed by atoms with van der Waals surface area (Å²) in [5.74, 6) is -0.106. The van der Waals surface area contributed by atoms with Crippen LogP contribution in [0.1, 0.15) is 23.0 Å². The summed E-state index contributed by atoms with van der Waals surface area (Å²) in [5, 5.41) is 2.96. The number of nitrogens with one attached hydrogen (secondary N) is 1. The van der Waals surface area contributed by atoms with Gasteiger partial charge in [-0.1, -0.05) is 22.9 Å². The highest BCUT2D eigenvalue weighted by Gasteiger charge is 2.12. The molecule has 2 rings (SSSR count). The van der Waals surface area contributed by atoms with E-state index < -0.39 is 0 Å². The van der Waals surface area contributed by atoms with Gasteiger partial charge in [0.05, 0.1) is 0 Å². The van der Waals surface area contributed by atoms with E-state index in [9.17, 15) is 4.79 Å². The average Bonchev–Trinajstić information content (AvgIpc) is 2.70. The number of benzene rings is 1. The molecule has 5 heteroatoms. The molecule has 0 atom stereocenters. The van der Waals surface area contributed by atoms with Crippen molar-refractivity contribution in [3.05, 3.63) is 50.7 Å². The molecule has 1 aromatic heterocycles. The van der Waals surface area contributed by atoms with E-state index in [-0.39, 0.29) is 5.91 Å². The van der Waals surface area contributed by atoms with Crippen molar-refractivity contribution < 1.29 is 4.79 Å². The molecule has 0 aliphatic heterocycles. The van der Waals surface area contributed by atoms with Gasteiger partial charge < -0.3 is 9.88 Å². The van der Waals surface area contributed by atoms with Crippen molar-refractivity contribution in [1.29, 1.82) is 0 Å². The third-order valence-electron chi connectivity index (χ3n) is 2.90. The van der Waals surface area contributed by atoms with Gasteiger partial charge in [0.15, 0.2) is 0 Å². The Morgan fingerprint density at radius 1 is 1.26 bits per heavy atom. The second kappa shape index (κ2) is 5.92. The second-order valence-electron chi connectivity index (χ2n) is 4.26. The third kappa shape index (κ3) is 3.28. The number of carbonyl (C=O) groups excluding carboxylic acids is 1. The van der Waals surface area contributed by atoms with Crippen molar-refractivity contribution in [3.63, 3.8) is 0 Å². The van der Waals surface area contributed by atoms with Crippen molar-refractivity contribution in [2.45, 2.75) is 13.3 Å². The van der Waals surface area contributed by atoms with E-state index in [4.69, 9.17) is 0 Å². The first kappa shape index (κ1) is 14.3. The zero-order chi connectivity index (χ0) is 14.0. The molecule has 0 fully saturated rings. The standard InChI is InChI=1S/C14H14Br2N2O/c1-3-9-6-10(15)4-5-12(9)17-14(19)13-7-11(16)8-18(13)2/h4-8H,3H2,1-2H3,(H,17,19). The van der Waals surface area contributed by atoms with Gasteiger partial charge in [-0.05, 0) is 52.2 Å². The SMILES string of the molecule is CCc1cc(Br)ccc1NC(=O)c1cc(Br)cn1C. The van der Waals surface area contributed by atoms with Gasteiger partial charge in [0.2, 0.25) is 0 Å². The lowest BCUT2D eigenvalue weighted by Gasteiger charge is -2.10. The summed E-state index contributed by atoms with van der Waals surface area (Å²) in [6.07, 6.45) is 2.73. The largest absolute Gasteiger partial charge is 0.345 e. The molecule has 0 spiro atoms. The Morgan fingerprint density at radius 3 is 2.58 bits per heavy atom. The zero-order valence-electron chi connectivity index (χ0n) is 10.7. The molecule has 1 aromatic carbocycles. The molecule has 1 N–H and O–H groups in total. The lowest BCUT2D eigenvalue weighted by molar-refractivity contribution is 0.101. The molecular formula is C14H14Br2N2O. The van der Waals surface area contributed by atoms with Crippen LogP contribution >= 0.6 is 31.9 Å². The van der Waals surface area contributed by atoms with Gasteiger partial charge in [-0.3, -0.25) is 4.79 Å². The van der Waals surface area contributed by atoms with Crippen LogP contribution in [-0.2, 0) is 13.5 Å². The van der Waals surface area contributed by atoms with Crippen molar-refractivity contribution in [3.8, 4) is 0 Å². The van der Waals surface area contributed by atoms with E-state index in [0.29, 0.717) is 5.69 Å². The van der Waals surface area contributed by atoms with Gasteiger partial charge in [0.25, 0.3) is 5.91 Å². The Labute approximate surface area is 129 Å². The minimum atomic E-state index is -0.106. The predicted molar refractivity (Wildman–Crippen MR) is 84.6 cm³/mol. The minimum Gasteiger partial charge on any atom is -0.345 e. The van der Waals surface area contributed by atoms with Crippen LogP contribution in [-0.4, -0.2) is 10.5 Å². The Balaban J connectivity index is 2.26. The minimum absolute atomic E-state index is 0.106. The van der Waals surface area contributed by atoms with Crippen LogP contribution in [0.4, 0.5) is 5.69 Å². The first-order chi connectivity index (χ1) is 9.01. The summed E-state index contributed by atoms with van der Waals surface area (Å²) in [6, 6.07) is 7.67. The molecule has 3 nitrogen and oxygen atoms in total. The van der Waals surface area contributed by atoms with Crippen molar-refractivity contribution in [1.82, 2.24) is 4.57 Å². The molecule has 100 valence electrons. The summed E-state index contributed by atoms with van der Waals surface area (Å²) in [5.41, 5.74) is 2.58. The number of amides is 1. The van der Waals surface area contributed by atoms with Gasteiger partial charge in [-0.2, -0.15) is 0 Å². The van der Waals surface area contributed by atoms with Gasteiger partial charge in [0.1, 0.15) is 5.69 Å². The third-order valence-corrected chi connectivity index (χ3v) is 3.83. The van der Waals surface area contributed by atoms with Crippen LogP contribution in [0.3, 0.4) is 0 Å². The molecule has 2 aromatic rings. The molecule has 1 amide bonds. The summed E-state index contributed by atoms with van der Waals surface area (Å²) in [7, 11) is 1.85. The smallest absolute Gasteiger partial charge is 0.272 e. The summed E-state index contributed by atoms with van der Waals surface area (Å²) >= 11 is 6.81. The Bertz CT molecular complexity index is 620. The predicted octanol–water partition coefficient (Wildman–Crippen LogP) is 4.36. The molecule has 0 aliphatic rings. The van der Waals surface area contributed by atoms with Crippen molar-refractivity contribution >= 4 is 43.5 Å². The number of halogens is 2. The number of aromatic nitrogens is 1. The number of rotatable bonds is 3. The first-order valence-electron chi connectivity index (χ1n) is 5.93. The van der Waals surface area contributed by atoms with E-state index in [2.05, 4.69) is 44.1 Å². The van der Waals surface area contributed by atoms with E-state index in [1.165, 1.54) is 0 Å². The first-order valence-corrected chi connectivity index (χ1v) is 7.51. The molecule has 0 saturated heterocycles. The van der Waals surface area contributed by atoms with Gasteiger partial charge >= 0.3 is 0 Å². The van der Waals surface area contributed by atoms with Crippen molar-refractivity contribution in [2.24, 2.45) is 7.05 Å². The van der Waals surface area contributed by atoms with E-state index in [0.717, 1.165) is 26.6 Å². The fourth-order valence-corrected chi connectivity index (χ4v) is 2.85. The van der Waals surface area contributed by atoms with Crippen LogP contribution < -0.4 is 5.32 Å². The molecule has 0 radical (unpaired) electrons. The summed E-state index contributed by atoms with van der Waals surface area (Å²) < 4.78 is 3.71. The van der Waals surface area contributed by atoms with E-state index in [1.807, 2.05) is 31.4 Å². The van der Waals surface area contributed by atoms with Crippen LogP contribution in [0, 0.1) is 0 Å². The topological polar surface area (TPSA) is 34.0 Å². The summed E-state index contributed by atoms with van der Waals surface area (Å²) in [6.45, 7) is 2.07. The number of aryl methyl sites for hydroxylation is 2. The molecule has 0 bridgehead atoms. The Kier molecular flexibility index (Phi) is 4.47. The highest BCUT2D eigenvalue weighted by Crippen LogP contribution is 2.23. The van der Waals surface area contributed by atoms with Crippen LogP contribution in [0.15, 0.2) is 39.4 Å². The Morgan fingerprint density at radius 2 is 2.00 bits per heavy atom. The number of hydrogen-bond donors (Lipinski definition) is 1. The highest BCUT2D eigenvalue weighted by molar-refractivity contribution is 9.10. The van der Waals surface area contributed by atoms with Crippen LogP contribution in [0.25, 0.3) is 0 Å². The second-order valence-corrected chi connectivity index (χ2v) is 6.09.